The molecule has 2 aromatic carbocycles. The van der Waals surface area contributed by atoms with Crippen molar-refractivity contribution in [2.75, 3.05) is 0 Å². The first-order valence-electron chi connectivity index (χ1n) is 6.51. The summed E-state index contributed by atoms with van der Waals surface area (Å²) in [6.45, 7) is 0. The van der Waals surface area contributed by atoms with E-state index in [9.17, 15) is 18.0 Å². The first kappa shape index (κ1) is 17.1. The number of nitrogens with zero attached hydrogens (tertiary/aromatic N) is 1. The number of nitrogens with two attached hydrogens (primary N) is 2. The quantitative estimate of drug-likeness (QED) is 0.386. The van der Waals surface area contributed by atoms with E-state index < -0.39 is 18.1 Å². The van der Waals surface area contributed by atoms with Crippen molar-refractivity contribution in [3.8, 4) is 11.5 Å². The molecule has 2 aromatic rings. The zero-order valence-electron chi connectivity index (χ0n) is 12.1. The topological polar surface area (TPSA) is 99.9 Å². The molecule has 0 heterocycles. The fraction of sp³-hybridized carbons (Fsp3) is 0.0667. The summed E-state index contributed by atoms with van der Waals surface area (Å²) < 4.78 is 45.8. The smallest absolute Gasteiger partial charge is 0.419 e. The third-order valence-electron chi connectivity index (χ3n) is 2.64. The van der Waals surface area contributed by atoms with E-state index in [1.165, 1.54) is 42.5 Å². The molecule has 0 fully saturated rings. The Labute approximate surface area is 134 Å². The van der Waals surface area contributed by atoms with Crippen LogP contribution in [0.15, 0.2) is 53.5 Å². The van der Waals surface area contributed by atoms with Crippen molar-refractivity contribution in [2.45, 2.75) is 6.36 Å². The van der Waals surface area contributed by atoms with E-state index in [0.717, 1.165) is 6.07 Å². The number of para-hydroxylation sites is 2. The van der Waals surface area contributed by atoms with Crippen molar-refractivity contribution in [2.24, 2.45) is 16.5 Å². The van der Waals surface area contributed by atoms with E-state index in [-0.39, 0.29) is 17.3 Å². The number of hydrogen-bond donors (Lipinski definition) is 2. The predicted octanol–water partition coefficient (Wildman–Crippen LogP) is 2.71. The van der Waals surface area contributed by atoms with Crippen molar-refractivity contribution in [3.63, 3.8) is 0 Å². The maximum absolute atomic E-state index is 12.3. The standard InChI is InChI=1S/C15H12F3N3O3/c16-15(17,18)24-12-4-2-1-3-11(12)23-13(22)9-5-7-10(8-6-9)21-14(19)20/h1-8H,(H4,19,20,21). The van der Waals surface area contributed by atoms with Gasteiger partial charge in [0.2, 0.25) is 0 Å². The molecule has 4 N–H and O–H groups in total. The summed E-state index contributed by atoms with van der Waals surface area (Å²) >= 11 is 0. The second kappa shape index (κ2) is 6.90. The van der Waals surface area contributed by atoms with Crippen LogP contribution in [0.3, 0.4) is 0 Å². The number of aliphatic imine (C=N–C) groups is 1. The molecule has 0 bridgehead atoms. The van der Waals surface area contributed by atoms with Gasteiger partial charge in [0.15, 0.2) is 17.5 Å². The van der Waals surface area contributed by atoms with E-state index >= 15 is 0 Å². The van der Waals surface area contributed by atoms with Crippen molar-refractivity contribution in [1.82, 2.24) is 0 Å². The lowest BCUT2D eigenvalue weighted by Crippen LogP contribution is -2.21. The lowest BCUT2D eigenvalue weighted by Gasteiger charge is -2.12. The third kappa shape index (κ3) is 4.90. The third-order valence-corrected chi connectivity index (χ3v) is 2.64. The highest BCUT2D eigenvalue weighted by Gasteiger charge is 2.32. The molecule has 0 atom stereocenters. The van der Waals surface area contributed by atoms with E-state index in [1.54, 1.807) is 0 Å². The minimum absolute atomic E-state index is 0.103. The molecular formula is C15H12F3N3O3. The highest BCUT2D eigenvalue weighted by atomic mass is 19.4. The lowest BCUT2D eigenvalue weighted by atomic mass is 10.2. The number of guanidine groups is 1. The molecule has 0 radical (unpaired) electrons. The van der Waals surface area contributed by atoms with Gasteiger partial charge in [0.25, 0.3) is 0 Å². The Kier molecular flexibility index (Phi) is 4.93. The SMILES string of the molecule is NC(N)=Nc1ccc(C(=O)Oc2ccccc2OC(F)(F)F)cc1. The molecule has 9 heteroatoms. The summed E-state index contributed by atoms with van der Waals surface area (Å²) in [5.41, 5.74) is 11.0. The second-order valence-electron chi connectivity index (χ2n) is 4.47. The van der Waals surface area contributed by atoms with Crippen LogP contribution in [0.5, 0.6) is 11.5 Å². The maximum Gasteiger partial charge on any atom is 0.573 e. The van der Waals surface area contributed by atoms with Crippen LogP contribution in [0, 0.1) is 0 Å². The number of halogens is 3. The van der Waals surface area contributed by atoms with Crippen molar-refractivity contribution in [3.05, 3.63) is 54.1 Å². The molecule has 0 aromatic heterocycles. The molecule has 126 valence electrons. The van der Waals surface area contributed by atoms with Gasteiger partial charge in [-0.05, 0) is 36.4 Å². The normalized spacial score (nSPS) is 10.8. The number of alkyl halides is 3. The van der Waals surface area contributed by atoms with Gasteiger partial charge in [-0.15, -0.1) is 13.2 Å². The molecule has 0 aliphatic rings. The van der Waals surface area contributed by atoms with Gasteiger partial charge in [-0.25, -0.2) is 9.79 Å². The zero-order valence-corrected chi connectivity index (χ0v) is 12.1. The Morgan fingerprint density at radius 2 is 1.54 bits per heavy atom. The van der Waals surface area contributed by atoms with Crippen molar-refractivity contribution in [1.29, 1.82) is 0 Å². The number of carbonyl (C=O) groups is 1. The zero-order chi connectivity index (χ0) is 17.7. The van der Waals surface area contributed by atoms with Gasteiger partial charge in [-0.3, -0.25) is 0 Å². The molecule has 0 spiro atoms. The number of esters is 1. The van der Waals surface area contributed by atoms with Gasteiger partial charge >= 0.3 is 12.3 Å². The second-order valence-corrected chi connectivity index (χ2v) is 4.47. The Morgan fingerprint density at radius 3 is 2.08 bits per heavy atom. The summed E-state index contributed by atoms with van der Waals surface area (Å²) in [6.07, 6.45) is -4.90. The van der Waals surface area contributed by atoms with Gasteiger partial charge < -0.3 is 20.9 Å². The largest absolute Gasteiger partial charge is 0.573 e. The van der Waals surface area contributed by atoms with Gasteiger partial charge in [0.05, 0.1) is 11.3 Å². The van der Waals surface area contributed by atoms with Gasteiger partial charge in [0.1, 0.15) is 0 Å². The van der Waals surface area contributed by atoms with Crippen LogP contribution in [-0.2, 0) is 0 Å². The van der Waals surface area contributed by atoms with Crippen LogP contribution in [0.2, 0.25) is 0 Å². The Balaban J connectivity index is 2.17. The molecule has 24 heavy (non-hydrogen) atoms. The lowest BCUT2D eigenvalue weighted by molar-refractivity contribution is -0.275. The summed E-state index contributed by atoms with van der Waals surface area (Å²) in [5, 5.41) is 0. The molecule has 6 nitrogen and oxygen atoms in total. The predicted molar refractivity (Wildman–Crippen MR) is 80.0 cm³/mol. The number of benzene rings is 2. The summed E-state index contributed by atoms with van der Waals surface area (Å²) in [5.74, 6) is -1.98. The van der Waals surface area contributed by atoms with Crippen molar-refractivity contribution >= 4 is 17.6 Å². The Morgan fingerprint density at radius 1 is 0.958 bits per heavy atom. The molecule has 0 aliphatic carbocycles. The van der Waals surface area contributed by atoms with Crippen LogP contribution in [0.25, 0.3) is 0 Å². The van der Waals surface area contributed by atoms with E-state index in [2.05, 4.69) is 9.73 Å². The first-order chi connectivity index (χ1) is 11.2. The number of hydrogen-bond acceptors (Lipinski definition) is 4. The molecule has 0 saturated heterocycles. The number of rotatable bonds is 4. The van der Waals surface area contributed by atoms with E-state index in [0.29, 0.717) is 5.69 Å². The fourth-order valence-electron chi connectivity index (χ4n) is 1.72. The highest BCUT2D eigenvalue weighted by Crippen LogP contribution is 2.32. The van der Waals surface area contributed by atoms with Gasteiger partial charge in [-0.2, -0.15) is 0 Å². The highest BCUT2D eigenvalue weighted by molar-refractivity contribution is 5.91. The minimum Gasteiger partial charge on any atom is -0.419 e. The minimum atomic E-state index is -4.90. The van der Waals surface area contributed by atoms with Crippen LogP contribution >= 0.6 is 0 Å². The summed E-state index contributed by atoms with van der Waals surface area (Å²) in [4.78, 5) is 15.8. The Hall–Kier alpha value is -3.23. The van der Waals surface area contributed by atoms with Gasteiger partial charge in [-0.1, -0.05) is 12.1 Å². The summed E-state index contributed by atoms with van der Waals surface area (Å²) in [7, 11) is 0. The fourth-order valence-corrected chi connectivity index (χ4v) is 1.72. The van der Waals surface area contributed by atoms with Crippen LogP contribution in [0.1, 0.15) is 10.4 Å². The molecule has 0 aliphatic heterocycles. The molecular weight excluding hydrogens is 327 g/mol. The average molecular weight is 339 g/mol. The molecule has 0 unspecified atom stereocenters. The van der Waals surface area contributed by atoms with Crippen LogP contribution < -0.4 is 20.9 Å². The maximum atomic E-state index is 12.3. The Bertz CT molecular complexity index is 755. The van der Waals surface area contributed by atoms with Gasteiger partial charge in [0, 0.05) is 0 Å². The monoisotopic (exact) mass is 339 g/mol. The first-order valence-corrected chi connectivity index (χ1v) is 6.51. The van der Waals surface area contributed by atoms with Crippen molar-refractivity contribution < 1.29 is 27.4 Å². The molecule has 2 rings (SSSR count). The number of ether oxygens (including phenoxy) is 2. The molecule has 0 amide bonds. The van der Waals surface area contributed by atoms with E-state index in [4.69, 9.17) is 16.2 Å². The van der Waals surface area contributed by atoms with Crippen LogP contribution in [0.4, 0.5) is 18.9 Å². The number of carbonyl (C=O) groups excluding carboxylic acids is 1. The average Bonchev–Trinajstić information content (AvgIpc) is 2.48. The molecule has 0 saturated carbocycles. The summed E-state index contributed by atoms with van der Waals surface area (Å²) in [6, 6.07) is 10.6. The van der Waals surface area contributed by atoms with Crippen LogP contribution in [-0.4, -0.2) is 18.3 Å². The van der Waals surface area contributed by atoms with E-state index in [1.807, 2.05) is 0 Å².